The maximum absolute atomic E-state index is 13.8. The van der Waals surface area contributed by atoms with Gasteiger partial charge in [0.25, 0.3) is 0 Å². The van der Waals surface area contributed by atoms with Gasteiger partial charge in [0.15, 0.2) is 6.17 Å². The van der Waals surface area contributed by atoms with E-state index < -0.39 is 18.0 Å². The van der Waals surface area contributed by atoms with Crippen LogP contribution in [0.15, 0.2) is 36.4 Å². The highest BCUT2D eigenvalue weighted by Gasteiger charge is 2.21. The predicted octanol–water partition coefficient (Wildman–Crippen LogP) is 3.35. The third-order valence-corrected chi connectivity index (χ3v) is 2.17. The van der Waals surface area contributed by atoms with Crippen LogP contribution >= 0.6 is 0 Å². The molecule has 0 aliphatic heterocycles. The maximum Gasteiger partial charge on any atom is 0.336 e. The zero-order chi connectivity index (χ0) is 12.8. The predicted molar refractivity (Wildman–Crippen MR) is 60.6 cm³/mol. The molecule has 0 N–H and O–H groups in total. The smallest absolute Gasteiger partial charge is 0.336 e. The van der Waals surface area contributed by atoms with Gasteiger partial charge < -0.3 is 4.74 Å². The Morgan fingerprint density at radius 2 is 2.00 bits per heavy atom. The standard InChI is InChI=1S/C13H14F2O2/c1-3-8-17-13(16)9(2)12(15)10-4-6-11(14)7-5-10/h4-7,12H,2-3,8H2,1H3. The number of ether oxygens (including phenoxy) is 1. The Bertz CT molecular complexity index is 398. The number of benzene rings is 1. The lowest BCUT2D eigenvalue weighted by molar-refractivity contribution is -0.139. The summed E-state index contributed by atoms with van der Waals surface area (Å²) >= 11 is 0. The number of hydrogen-bond acceptors (Lipinski definition) is 2. The molecule has 0 fully saturated rings. The van der Waals surface area contributed by atoms with Crippen LogP contribution in [0.2, 0.25) is 0 Å². The highest BCUT2D eigenvalue weighted by Crippen LogP contribution is 2.25. The highest BCUT2D eigenvalue weighted by atomic mass is 19.1. The quantitative estimate of drug-likeness (QED) is 0.582. The molecule has 2 nitrogen and oxygen atoms in total. The van der Waals surface area contributed by atoms with E-state index in [-0.39, 0.29) is 17.7 Å². The van der Waals surface area contributed by atoms with Crippen LogP contribution in [0.3, 0.4) is 0 Å². The first-order valence-electron chi connectivity index (χ1n) is 5.31. The second-order valence-corrected chi connectivity index (χ2v) is 3.58. The second-order valence-electron chi connectivity index (χ2n) is 3.58. The van der Waals surface area contributed by atoms with E-state index in [0.29, 0.717) is 6.42 Å². The first-order valence-corrected chi connectivity index (χ1v) is 5.31. The van der Waals surface area contributed by atoms with Crippen molar-refractivity contribution in [2.45, 2.75) is 19.5 Å². The zero-order valence-electron chi connectivity index (χ0n) is 9.58. The van der Waals surface area contributed by atoms with E-state index in [9.17, 15) is 13.6 Å². The topological polar surface area (TPSA) is 26.3 Å². The van der Waals surface area contributed by atoms with Crippen molar-refractivity contribution >= 4 is 5.97 Å². The molecule has 1 aromatic rings. The monoisotopic (exact) mass is 240 g/mol. The fraction of sp³-hybridized carbons (Fsp3) is 0.308. The van der Waals surface area contributed by atoms with Crippen molar-refractivity contribution in [3.8, 4) is 0 Å². The summed E-state index contributed by atoms with van der Waals surface area (Å²) < 4.78 is 31.2. The minimum atomic E-state index is -1.67. The van der Waals surface area contributed by atoms with Crippen molar-refractivity contribution in [1.82, 2.24) is 0 Å². The van der Waals surface area contributed by atoms with E-state index in [1.54, 1.807) is 0 Å². The molecule has 1 aromatic carbocycles. The van der Waals surface area contributed by atoms with E-state index in [1.165, 1.54) is 12.1 Å². The molecule has 0 aliphatic carbocycles. The summed E-state index contributed by atoms with van der Waals surface area (Å²) in [5.74, 6) is -1.22. The van der Waals surface area contributed by atoms with E-state index in [4.69, 9.17) is 4.74 Å². The molecular weight excluding hydrogens is 226 g/mol. The Hall–Kier alpha value is -1.71. The van der Waals surface area contributed by atoms with Gasteiger partial charge in [0.1, 0.15) is 5.82 Å². The van der Waals surface area contributed by atoms with Crippen LogP contribution < -0.4 is 0 Å². The minimum absolute atomic E-state index is 0.185. The molecule has 0 heterocycles. The van der Waals surface area contributed by atoms with Crippen LogP contribution in [0.4, 0.5) is 8.78 Å². The molecule has 4 heteroatoms. The van der Waals surface area contributed by atoms with Gasteiger partial charge >= 0.3 is 5.97 Å². The molecule has 92 valence electrons. The third-order valence-electron chi connectivity index (χ3n) is 2.17. The van der Waals surface area contributed by atoms with Gasteiger partial charge in [0.05, 0.1) is 12.2 Å². The molecule has 1 unspecified atom stereocenters. The molecule has 0 radical (unpaired) electrons. The summed E-state index contributed by atoms with van der Waals surface area (Å²) in [6.07, 6.45) is -1.01. The lowest BCUT2D eigenvalue weighted by Gasteiger charge is -2.11. The van der Waals surface area contributed by atoms with Gasteiger partial charge in [0.2, 0.25) is 0 Å². The molecule has 1 atom stereocenters. The summed E-state index contributed by atoms with van der Waals surface area (Å²) in [6.45, 7) is 5.43. The van der Waals surface area contributed by atoms with Gasteiger partial charge in [-0.25, -0.2) is 13.6 Å². The largest absolute Gasteiger partial charge is 0.462 e. The van der Waals surface area contributed by atoms with Gasteiger partial charge in [-0.2, -0.15) is 0 Å². The summed E-state index contributed by atoms with van der Waals surface area (Å²) in [6, 6.07) is 4.82. The minimum Gasteiger partial charge on any atom is -0.462 e. The first-order chi connectivity index (χ1) is 8.06. The lowest BCUT2D eigenvalue weighted by atomic mass is 10.0. The molecule has 0 bridgehead atoms. The molecule has 0 saturated heterocycles. The Kier molecular flexibility index (Phi) is 4.82. The fourth-order valence-electron chi connectivity index (χ4n) is 1.22. The summed E-state index contributed by atoms with van der Waals surface area (Å²) in [5.41, 5.74) is -0.0880. The summed E-state index contributed by atoms with van der Waals surface area (Å²) in [7, 11) is 0. The zero-order valence-corrected chi connectivity index (χ0v) is 9.58. The molecule has 1 rings (SSSR count). The maximum atomic E-state index is 13.8. The van der Waals surface area contributed by atoms with Gasteiger partial charge in [-0.3, -0.25) is 0 Å². The molecule has 0 spiro atoms. The lowest BCUT2D eigenvalue weighted by Crippen LogP contribution is -2.12. The number of esters is 1. The van der Waals surface area contributed by atoms with E-state index >= 15 is 0 Å². The van der Waals surface area contributed by atoms with Crippen molar-refractivity contribution in [2.75, 3.05) is 6.61 Å². The second kappa shape index (κ2) is 6.13. The van der Waals surface area contributed by atoms with Gasteiger partial charge in [-0.1, -0.05) is 25.6 Å². The molecular formula is C13H14F2O2. The molecule has 17 heavy (non-hydrogen) atoms. The number of carbonyl (C=O) groups is 1. The molecule has 0 aliphatic rings. The van der Waals surface area contributed by atoms with Crippen molar-refractivity contribution in [1.29, 1.82) is 0 Å². The molecule has 0 saturated carbocycles. The van der Waals surface area contributed by atoms with Crippen LogP contribution in [0, 0.1) is 5.82 Å². The van der Waals surface area contributed by atoms with Crippen LogP contribution in [-0.4, -0.2) is 12.6 Å². The third kappa shape index (κ3) is 3.66. The Morgan fingerprint density at radius 3 is 2.53 bits per heavy atom. The molecule has 0 amide bonds. The van der Waals surface area contributed by atoms with Gasteiger partial charge in [0, 0.05) is 0 Å². The molecule has 0 aromatic heterocycles. The number of alkyl halides is 1. The average molecular weight is 240 g/mol. The van der Waals surface area contributed by atoms with Crippen LogP contribution in [-0.2, 0) is 9.53 Å². The van der Waals surface area contributed by atoms with Crippen molar-refractivity contribution in [2.24, 2.45) is 0 Å². The van der Waals surface area contributed by atoms with Crippen molar-refractivity contribution in [3.05, 3.63) is 47.8 Å². The fourth-order valence-corrected chi connectivity index (χ4v) is 1.22. The van der Waals surface area contributed by atoms with Crippen molar-refractivity contribution in [3.63, 3.8) is 0 Å². The van der Waals surface area contributed by atoms with Crippen LogP contribution in [0.25, 0.3) is 0 Å². The number of carbonyl (C=O) groups excluding carboxylic acids is 1. The number of hydrogen-bond donors (Lipinski definition) is 0. The summed E-state index contributed by atoms with van der Waals surface area (Å²) in [4.78, 5) is 11.3. The van der Waals surface area contributed by atoms with Gasteiger partial charge in [-0.15, -0.1) is 0 Å². The Balaban J connectivity index is 2.69. The van der Waals surface area contributed by atoms with Crippen LogP contribution in [0.5, 0.6) is 0 Å². The highest BCUT2D eigenvalue weighted by molar-refractivity contribution is 5.89. The normalized spacial score (nSPS) is 11.9. The van der Waals surface area contributed by atoms with E-state index in [0.717, 1.165) is 12.1 Å². The Morgan fingerprint density at radius 1 is 1.41 bits per heavy atom. The average Bonchev–Trinajstić information content (AvgIpc) is 2.35. The first kappa shape index (κ1) is 13.4. The van der Waals surface area contributed by atoms with E-state index in [1.807, 2.05) is 6.92 Å². The van der Waals surface area contributed by atoms with Gasteiger partial charge in [-0.05, 0) is 24.1 Å². The summed E-state index contributed by atoms with van der Waals surface area (Å²) in [5, 5.41) is 0. The van der Waals surface area contributed by atoms with Crippen molar-refractivity contribution < 1.29 is 18.3 Å². The SMILES string of the molecule is C=C(C(=O)OCCC)C(F)c1ccc(F)cc1. The number of halogens is 2. The number of rotatable bonds is 5. The van der Waals surface area contributed by atoms with E-state index in [2.05, 4.69) is 6.58 Å². The van der Waals surface area contributed by atoms with Crippen LogP contribution in [0.1, 0.15) is 25.1 Å². The Labute approximate surface area is 98.9 Å².